The van der Waals surface area contributed by atoms with Crippen molar-refractivity contribution in [2.45, 2.75) is 18.8 Å². The molecule has 0 aromatic heterocycles. The van der Waals surface area contributed by atoms with Crippen LogP contribution in [0, 0.1) is 0 Å². The molecule has 11 heteroatoms. The Morgan fingerprint density at radius 2 is 1.50 bits per heavy atom. The van der Waals surface area contributed by atoms with Crippen LogP contribution in [-0.2, 0) is 22.3 Å². The molecule has 0 heterocycles. The van der Waals surface area contributed by atoms with Gasteiger partial charge >= 0.3 is 6.18 Å². The largest absolute Gasteiger partial charge is 0.416 e. The Labute approximate surface area is 249 Å². The molecule has 0 radical (unpaired) electrons. The van der Waals surface area contributed by atoms with Gasteiger partial charge in [-0.15, -0.1) is 11.6 Å². The first-order chi connectivity index (χ1) is 20.1. The molecule has 3 amide bonds. The summed E-state index contributed by atoms with van der Waals surface area (Å²) in [6.45, 7) is 0.0869. The molecule has 1 unspecified atom stereocenters. The summed E-state index contributed by atoms with van der Waals surface area (Å²) >= 11 is 12.0. The van der Waals surface area contributed by atoms with E-state index in [4.69, 9.17) is 23.2 Å². The molecule has 6 nitrogen and oxygen atoms in total. The summed E-state index contributed by atoms with van der Waals surface area (Å²) in [4.78, 5) is 38.0. The highest BCUT2D eigenvalue weighted by Gasteiger charge is 2.30. The quantitative estimate of drug-likeness (QED) is 0.178. The van der Waals surface area contributed by atoms with Gasteiger partial charge in [0.05, 0.1) is 16.3 Å². The second-order valence-corrected chi connectivity index (χ2v) is 9.83. The monoisotopic (exact) mass is 613 g/mol. The van der Waals surface area contributed by atoms with Crippen LogP contribution in [0.15, 0.2) is 97.1 Å². The number of halogens is 5. The fourth-order valence-corrected chi connectivity index (χ4v) is 4.50. The lowest BCUT2D eigenvalue weighted by molar-refractivity contribution is -0.137. The van der Waals surface area contributed by atoms with Gasteiger partial charge in [-0.1, -0.05) is 78.3 Å². The van der Waals surface area contributed by atoms with Gasteiger partial charge in [0.2, 0.25) is 11.8 Å². The third-order valence-corrected chi connectivity index (χ3v) is 6.82. The normalized spacial score (nSPS) is 11.8. The summed E-state index contributed by atoms with van der Waals surface area (Å²) in [6.07, 6.45) is -4.47. The van der Waals surface area contributed by atoms with Crippen LogP contribution in [0.1, 0.15) is 33.1 Å². The van der Waals surface area contributed by atoms with Crippen LogP contribution in [0.3, 0.4) is 0 Å². The number of anilines is 1. The number of hydrogen-bond acceptors (Lipinski definition) is 3. The first kappa shape index (κ1) is 30.6. The highest BCUT2D eigenvalue weighted by molar-refractivity contribution is 6.34. The molecule has 4 rings (SSSR count). The zero-order valence-corrected chi connectivity index (χ0v) is 23.4. The summed E-state index contributed by atoms with van der Waals surface area (Å²) in [7, 11) is 0. The van der Waals surface area contributed by atoms with Gasteiger partial charge in [-0.25, -0.2) is 0 Å². The number of carbonyl (C=O) groups excluding carboxylic acids is 3. The highest BCUT2D eigenvalue weighted by Crippen LogP contribution is 2.32. The Bertz CT molecular complexity index is 1580. The lowest BCUT2D eigenvalue weighted by atomic mass is 9.98. The Hall–Kier alpha value is -4.34. The average Bonchev–Trinajstić information content (AvgIpc) is 2.99. The lowest BCUT2D eigenvalue weighted by Crippen LogP contribution is -2.40. The maximum absolute atomic E-state index is 13.2. The SMILES string of the molecule is O=C(CCl)NC(C(=O)NCc1ccc(NC(=O)c2ccccc2-c2ccc(C(F)(F)F)cc2)c(Cl)c1)c1ccccc1. The zero-order chi connectivity index (χ0) is 30.3. The van der Waals surface area contributed by atoms with Gasteiger partial charge in [0.1, 0.15) is 11.9 Å². The van der Waals surface area contributed by atoms with E-state index < -0.39 is 35.5 Å². The molecule has 0 saturated heterocycles. The van der Waals surface area contributed by atoms with Crippen LogP contribution < -0.4 is 16.0 Å². The van der Waals surface area contributed by atoms with Gasteiger partial charge in [-0.3, -0.25) is 14.4 Å². The second kappa shape index (κ2) is 13.5. The molecule has 0 aliphatic carbocycles. The van der Waals surface area contributed by atoms with Gasteiger partial charge in [0.15, 0.2) is 0 Å². The van der Waals surface area contributed by atoms with Crippen LogP contribution in [0.25, 0.3) is 11.1 Å². The van der Waals surface area contributed by atoms with Gasteiger partial charge in [-0.2, -0.15) is 13.2 Å². The molecule has 0 bridgehead atoms. The fourth-order valence-electron chi connectivity index (χ4n) is 4.17. The standard InChI is InChI=1S/C31H24Cl2F3N3O3/c32-17-27(40)39-28(21-6-2-1-3-7-21)30(42)37-18-19-10-15-26(25(33)16-19)38-29(41)24-9-5-4-8-23(24)20-11-13-22(14-12-20)31(34,35)36/h1-16,28H,17-18H2,(H,37,42)(H,38,41)(H,39,40). The van der Waals surface area contributed by atoms with E-state index in [9.17, 15) is 27.6 Å². The number of alkyl halides is 4. The fraction of sp³-hybridized carbons (Fsp3) is 0.129. The maximum atomic E-state index is 13.2. The molecular weight excluding hydrogens is 590 g/mol. The Morgan fingerprint density at radius 3 is 2.14 bits per heavy atom. The molecule has 0 fully saturated rings. The molecule has 0 aliphatic heterocycles. The predicted octanol–water partition coefficient (Wildman–Crippen LogP) is 6.99. The number of carbonyl (C=O) groups is 3. The van der Waals surface area contributed by atoms with Crippen LogP contribution in [0.5, 0.6) is 0 Å². The Morgan fingerprint density at radius 1 is 0.833 bits per heavy atom. The molecule has 42 heavy (non-hydrogen) atoms. The third kappa shape index (κ3) is 7.69. The summed E-state index contributed by atoms with van der Waals surface area (Å²) in [6, 6.07) is 23.7. The van der Waals surface area contributed by atoms with Crippen LogP contribution >= 0.6 is 23.2 Å². The average molecular weight is 614 g/mol. The summed E-state index contributed by atoms with van der Waals surface area (Å²) in [5, 5.41) is 8.30. The molecule has 4 aromatic carbocycles. The number of hydrogen-bond donors (Lipinski definition) is 3. The van der Waals surface area contributed by atoms with Crippen molar-refractivity contribution in [2.24, 2.45) is 0 Å². The van der Waals surface area contributed by atoms with Crippen molar-refractivity contribution in [3.8, 4) is 11.1 Å². The predicted molar refractivity (Wildman–Crippen MR) is 156 cm³/mol. The highest BCUT2D eigenvalue weighted by atomic mass is 35.5. The van der Waals surface area contributed by atoms with Crippen molar-refractivity contribution in [1.29, 1.82) is 0 Å². The number of rotatable bonds is 9. The summed E-state index contributed by atoms with van der Waals surface area (Å²) in [5.41, 5.74) is 1.88. The van der Waals surface area contributed by atoms with E-state index in [1.165, 1.54) is 12.1 Å². The zero-order valence-electron chi connectivity index (χ0n) is 21.8. The van der Waals surface area contributed by atoms with Gasteiger partial charge in [0, 0.05) is 12.1 Å². The minimum atomic E-state index is -4.47. The van der Waals surface area contributed by atoms with Crippen molar-refractivity contribution in [3.63, 3.8) is 0 Å². The Kier molecular flexibility index (Phi) is 9.88. The van der Waals surface area contributed by atoms with Gasteiger partial charge in [0.25, 0.3) is 5.91 Å². The minimum absolute atomic E-state index is 0.0869. The van der Waals surface area contributed by atoms with Crippen molar-refractivity contribution in [1.82, 2.24) is 10.6 Å². The molecule has 0 spiro atoms. The number of nitrogens with one attached hydrogen (secondary N) is 3. The third-order valence-electron chi connectivity index (χ3n) is 6.27. The van der Waals surface area contributed by atoms with Gasteiger partial charge < -0.3 is 16.0 Å². The molecule has 0 aliphatic rings. The molecular formula is C31H24Cl2F3N3O3. The number of benzene rings is 4. The van der Waals surface area contributed by atoms with E-state index in [1.54, 1.807) is 72.8 Å². The molecule has 0 saturated carbocycles. The Balaban J connectivity index is 1.45. The maximum Gasteiger partial charge on any atom is 0.416 e. The lowest BCUT2D eigenvalue weighted by Gasteiger charge is -2.18. The van der Waals surface area contributed by atoms with Crippen LogP contribution in [0.4, 0.5) is 18.9 Å². The molecule has 216 valence electrons. The second-order valence-electron chi connectivity index (χ2n) is 9.15. The van der Waals surface area contributed by atoms with Crippen molar-refractivity contribution >= 4 is 46.6 Å². The van der Waals surface area contributed by atoms with E-state index in [0.717, 1.165) is 12.1 Å². The van der Waals surface area contributed by atoms with Crippen LogP contribution in [0.2, 0.25) is 5.02 Å². The van der Waals surface area contributed by atoms with E-state index in [0.29, 0.717) is 27.9 Å². The topological polar surface area (TPSA) is 87.3 Å². The van der Waals surface area contributed by atoms with Gasteiger partial charge in [-0.05, 0) is 52.6 Å². The molecule has 3 N–H and O–H groups in total. The minimum Gasteiger partial charge on any atom is -0.350 e. The first-order valence-electron chi connectivity index (χ1n) is 12.6. The molecule has 1 atom stereocenters. The van der Waals surface area contributed by atoms with Crippen LogP contribution in [-0.4, -0.2) is 23.6 Å². The van der Waals surface area contributed by atoms with Crippen molar-refractivity contribution < 1.29 is 27.6 Å². The smallest absolute Gasteiger partial charge is 0.350 e. The van der Waals surface area contributed by atoms with Crippen molar-refractivity contribution in [2.75, 3.05) is 11.2 Å². The van der Waals surface area contributed by atoms with E-state index in [2.05, 4.69) is 16.0 Å². The summed E-state index contributed by atoms with van der Waals surface area (Å²) < 4.78 is 38.9. The number of amides is 3. The van der Waals surface area contributed by atoms with E-state index in [1.807, 2.05) is 0 Å². The van der Waals surface area contributed by atoms with E-state index >= 15 is 0 Å². The van der Waals surface area contributed by atoms with Crippen molar-refractivity contribution in [3.05, 3.63) is 124 Å². The van der Waals surface area contributed by atoms with E-state index in [-0.39, 0.29) is 23.0 Å². The summed E-state index contributed by atoms with van der Waals surface area (Å²) in [5.74, 6) is -1.75. The molecule has 4 aromatic rings. The first-order valence-corrected chi connectivity index (χ1v) is 13.5.